The smallest absolute Gasteiger partial charge is 0.117 e. The zero-order chi connectivity index (χ0) is 7.23. The van der Waals surface area contributed by atoms with Crippen LogP contribution in [0, 0.1) is 0 Å². The van der Waals surface area contributed by atoms with Gasteiger partial charge in [-0.3, -0.25) is 0 Å². The zero-order valence-electron chi connectivity index (χ0n) is 5.84. The molecule has 1 aromatic heterocycles. The highest BCUT2D eigenvalue weighted by atomic mass is 16.3. The third-order valence-corrected chi connectivity index (χ3v) is 1.20. The van der Waals surface area contributed by atoms with Crippen LogP contribution >= 0.6 is 0 Å². The molecule has 3 nitrogen and oxygen atoms in total. The lowest BCUT2D eigenvalue weighted by atomic mass is 10.4. The molecule has 0 fully saturated rings. The van der Waals surface area contributed by atoms with Crippen molar-refractivity contribution in [3.05, 3.63) is 24.2 Å². The molecule has 0 saturated carbocycles. The second-order valence-corrected chi connectivity index (χ2v) is 2.04. The first-order valence-corrected chi connectivity index (χ1v) is 3.36. The van der Waals surface area contributed by atoms with Crippen LogP contribution in [0.5, 0.6) is 0 Å². The fraction of sp³-hybridized carbons (Fsp3) is 0.429. The molecule has 0 saturated heterocycles. The predicted molar refractivity (Wildman–Crippen MR) is 39.5 cm³/mol. The van der Waals surface area contributed by atoms with Crippen LogP contribution in [0.3, 0.4) is 0 Å². The van der Waals surface area contributed by atoms with Gasteiger partial charge >= 0.3 is 0 Å². The number of furan rings is 1. The SMILES string of the molecule is NCCNCc1ccco1. The monoisotopic (exact) mass is 140 g/mol. The number of hydrogen-bond acceptors (Lipinski definition) is 3. The largest absolute Gasteiger partial charge is 0.468 e. The molecule has 0 unspecified atom stereocenters. The maximum absolute atomic E-state index is 5.27. The maximum atomic E-state index is 5.27. The molecule has 0 aliphatic carbocycles. The number of hydrogen-bond donors (Lipinski definition) is 2. The van der Waals surface area contributed by atoms with Crippen molar-refractivity contribution < 1.29 is 4.42 Å². The highest BCUT2D eigenvalue weighted by Gasteiger charge is 1.91. The van der Waals surface area contributed by atoms with Crippen LogP contribution in [-0.2, 0) is 6.54 Å². The summed E-state index contributed by atoms with van der Waals surface area (Å²) in [6, 6.07) is 3.81. The van der Waals surface area contributed by atoms with Gasteiger partial charge in [0.05, 0.1) is 12.8 Å². The summed E-state index contributed by atoms with van der Waals surface area (Å²) in [5.41, 5.74) is 5.27. The Kier molecular flexibility index (Phi) is 2.99. The van der Waals surface area contributed by atoms with Gasteiger partial charge in [0, 0.05) is 13.1 Å². The second kappa shape index (κ2) is 4.09. The molecule has 1 aromatic rings. The molecule has 3 heteroatoms. The van der Waals surface area contributed by atoms with Gasteiger partial charge < -0.3 is 15.5 Å². The molecule has 3 N–H and O–H groups in total. The van der Waals surface area contributed by atoms with Gasteiger partial charge in [-0.2, -0.15) is 0 Å². The molecule has 0 amide bonds. The molecule has 0 atom stereocenters. The van der Waals surface area contributed by atoms with Crippen molar-refractivity contribution in [1.82, 2.24) is 5.32 Å². The van der Waals surface area contributed by atoms with Crippen LogP contribution in [0.4, 0.5) is 0 Å². The van der Waals surface area contributed by atoms with Crippen molar-refractivity contribution in [2.75, 3.05) is 13.1 Å². The first-order chi connectivity index (χ1) is 4.93. The summed E-state index contributed by atoms with van der Waals surface area (Å²) in [6.07, 6.45) is 1.67. The predicted octanol–water partition coefficient (Wildman–Crippen LogP) is 0.328. The Morgan fingerprint density at radius 2 is 2.50 bits per heavy atom. The van der Waals surface area contributed by atoms with E-state index < -0.39 is 0 Å². The van der Waals surface area contributed by atoms with Gasteiger partial charge in [-0.15, -0.1) is 0 Å². The van der Waals surface area contributed by atoms with Gasteiger partial charge in [0.25, 0.3) is 0 Å². The Labute approximate surface area is 60.2 Å². The molecule has 1 heterocycles. The third-order valence-electron chi connectivity index (χ3n) is 1.20. The van der Waals surface area contributed by atoms with Gasteiger partial charge in [0.15, 0.2) is 0 Å². The summed E-state index contributed by atoms with van der Waals surface area (Å²) in [6.45, 7) is 2.27. The quantitative estimate of drug-likeness (QED) is 0.592. The molecule has 0 bridgehead atoms. The summed E-state index contributed by atoms with van der Waals surface area (Å²) in [5, 5.41) is 3.12. The molecule has 0 aliphatic heterocycles. The van der Waals surface area contributed by atoms with Crippen LogP contribution in [0.25, 0.3) is 0 Å². The first kappa shape index (κ1) is 7.31. The lowest BCUT2D eigenvalue weighted by molar-refractivity contribution is 0.485. The summed E-state index contributed by atoms with van der Waals surface area (Å²) in [4.78, 5) is 0. The fourth-order valence-electron chi connectivity index (χ4n) is 0.727. The lowest BCUT2D eigenvalue weighted by Gasteiger charge is -1.97. The molecule has 56 valence electrons. The van der Waals surface area contributed by atoms with Gasteiger partial charge in [-0.25, -0.2) is 0 Å². The van der Waals surface area contributed by atoms with E-state index >= 15 is 0 Å². The molecule has 1 rings (SSSR count). The fourth-order valence-corrected chi connectivity index (χ4v) is 0.727. The van der Waals surface area contributed by atoms with Crippen LogP contribution in [0.1, 0.15) is 5.76 Å². The van der Waals surface area contributed by atoms with Crippen molar-refractivity contribution in [3.63, 3.8) is 0 Å². The minimum absolute atomic E-state index is 0.667. The minimum Gasteiger partial charge on any atom is -0.468 e. The van der Waals surface area contributed by atoms with Gasteiger partial charge in [0.2, 0.25) is 0 Å². The molecular formula is C7H12N2O. The van der Waals surface area contributed by atoms with E-state index in [2.05, 4.69) is 5.32 Å². The maximum Gasteiger partial charge on any atom is 0.117 e. The average Bonchev–Trinajstić information content (AvgIpc) is 2.41. The minimum atomic E-state index is 0.667. The number of rotatable bonds is 4. The summed E-state index contributed by atoms with van der Waals surface area (Å²) in [7, 11) is 0. The van der Waals surface area contributed by atoms with E-state index in [9.17, 15) is 0 Å². The summed E-state index contributed by atoms with van der Waals surface area (Å²) >= 11 is 0. The molecule has 10 heavy (non-hydrogen) atoms. The van der Waals surface area contributed by atoms with E-state index in [4.69, 9.17) is 10.2 Å². The summed E-state index contributed by atoms with van der Waals surface area (Å²) < 4.78 is 5.08. The van der Waals surface area contributed by atoms with E-state index in [1.54, 1.807) is 6.26 Å². The van der Waals surface area contributed by atoms with Crippen LogP contribution < -0.4 is 11.1 Å². The third kappa shape index (κ3) is 2.21. The highest BCUT2D eigenvalue weighted by molar-refractivity contribution is 4.97. The van der Waals surface area contributed by atoms with Crippen molar-refractivity contribution in [2.45, 2.75) is 6.54 Å². The Morgan fingerprint density at radius 3 is 3.10 bits per heavy atom. The van der Waals surface area contributed by atoms with Gasteiger partial charge in [-0.05, 0) is 12.1 Å². The van der Waals surface area contributed by atoms with Crippen LogP contribution in [0.2, 0.25) is 0 Å². The normalized spacial score (nSPS) is 10.1. The number of nitrogens with one attached hydrogen (secondary N) is 1. The van der Waals surface area contributed by atoms with Crippen LogP contribution in [-0.4, -0.2) is 13.1 Å². The van der Waals surface area contributed by atoms with Crippen LogP contribution in [0.15, 0.2) is 22.8 Å². The van der Waals surface area contributed by atoms with E-state index in [0.717, 1.165) is 18.8 Å². The number of nitrogens with two attached hydrogens (primary N) is 1. The molecule has 0 spiro atoms. The Hall–Kier alpha value is -0.800. The molecule has 0 aliphatic rings. The van der Waals surface area contributed by atoms with E-state index in [0.29, 0.717) is 6.54 Å². The highest BCUT2D eigenvalue weighted by Crippen LogP contribution is 1.97. The zero-order valence-corrected chi connectivity index (χ0v) is 5.84. The van der Waals surface area contributed by atoms with E-state index in [1.165, 1.54) is 0 Å². The van der Waals surface area contributed by atoms with E-state index in [1.807, 2.05) is 12.1 Å². The van der Waals surface area contributed by atoms with Crippen molar-refractivity contribution in [2.24, 2.45) is 5.73 Å². The van der Waals surface area contributed by atoms with Crippen molar-refractivity contribution >= 4 is 0 Å². The standard InChI is InChI=1S/C7H12N2O/c8-3-4-9-6-7-2-1-5-10-7/h1-2,5,9H,3-4,6,8H2. The first-order valence-electron chi connectivity index (χ1n) is 3.36. The van der Waals surface area contributed by atoms with Crippen molar-refractivity contribution in [1.29, 1.82) is 0 Å². The Bertz CT molecular complexity index is 160. The Balaban J connectivity index is 2.15. The Morgan fingerprint density at radius 1 is 1.60 bits per heavy atom. The summed E-state index contributed by atoms with van der Waals surface area (Å²) in [5.74, 6) is 0.952. The molecule has 0 radical (unpaired) electrons. The van der Waals surface area contributed by atoms with Crippen molar-refractivity contribution in [3.8, 4) is 0 Å². The topological polar surface area (TPSA) is 51.2 Å². The molecule has 0 aromatic carbocycles. The molecular weight excluding hydrogens is 128 g/mol. The average molecular weight is 140 g/mol. The van der Waals surface area contributed by atoms with E-state index in [-0.39, 0.29) is 0 Å². The second-order valence-electron chi connectivity index (χ2n) is 2.04. The van der Waals surface area contributed by atoms with Gasteiger partial charge in [0.1, 0.15) is 5.76 Å². The lowest BCUT2D eigenvalue weighted by Crippen LogP contribution is -2.21. The van der Waals surface area contributed by atoms with Gasteiger partial charge in [-0.1, -0.05) is 0 Å².